The molecule has 1 N–H and O–H groups in total. The first-order valence-electron chi connectivity index (χ1n) is 6.25. The van der Waals surface area contributed by atoms with Crippen molar-refractivity contribution in [3.63, 3.8) is 0 Å². The second-order valence-electron chi connectivity index (χ2n) is 4.22. The minimum Gasteiger partial charge on any atom is -0.748 e. The van der Waals surface area contributed by atoms with Crippen LogP contribution in [0.4, 0.5) is 0 Å². The average molecular weight is 400 g/mol. The molecule has 2 atom stereocenters. The highest BCUT2D eigenvalue weighted by Crippen LogP contribution is 2.50. The highest BCUT2D eigenvalue weighted by atomic mass is 35.5. The predicted octanol–water partition coefficient (Wildman–Crippen LogP) is 1.49. The summed E-state index contributed by atoms with van der Waals surface area (Å²) in [6, 6.07) is 0. The molecule has 0 saturated carbocycles. The molecular formula is C9H18Cl2N2O5PS2-. The third kappa shape index (κ3) is 7.37. The first-order chi connectivity index (χ1) is 9.80. The van der Waals surface area contributed by atoms with Crippen LogP contribution in [0.1, 0.15) is 6.42 Å². The number of hydrogen-bond donors (Lipinski definition) is 1. The van der Waals surface area contributed by atoms with Gasteiger partial charge in [0, 0.05) is 36.4 Å². The number of nitrogens with one attached hydrogen (secondary N) is 1. The maximum Gasteiger partial charge on any atom is 0.344 e. The molecule has 1 aliphatic rings. The standard InChI is InChI=1S/C9H19Cl2N2O5PS2/c10-2-4-13(5-3-11)19(14)12-9(1-6-18-19)20-7-8-21(15,16)17/h9H,1-8H2,(H,12,14)(H,15,16,17)/p-1. The van der Waals surface area contributed by atoms with Gasteiger partial charge in [0.2, 0.25) is 0 Å². The molecule has 1 heterocycles. The molecule has 12 heteroatoms. The van der Waals surface area contributed by atoms with E-state index in [1.54, 1.807) is 4.67 Å². The molecule has 2 unspecified atom stereocenters. The second-order valence-corrected chi connectivity index (χ2v) is 9.94. The molecular weight excluding hydrogens is 382 g/mol. The van der Waals surface area contributed by atoms with Crippen molar-refractivity contribution in [2.45, 2.75) is 11.8 Å². The third-order valence-electron chi connectivity index (χ3n) is 2.66. The largest absolute Gasteiger partial charge is 0.748 e. The molecule has 21 heavy (non-hydrogen) atoms. The number of rotatable bonds is 9. The van der Waals surface area contributed by atoms with Crippen LogP contribution in [0, 0.1) is 0 Å². The Labute approximate surface area is 139 Å². The minimum atomic E-state index is -4.23. The fraction of sp³-hybridized carbons (Fsp3) is 1.00. The maximum absolute atomic E-state index is 12.8. The van der Waals surface area contributed by atoms with Crippen molar-refractivity contribution in [1.29, 1.82) is 0 Å². The Morgan fingerprint density at radius 1 is 1.38 bits per heavy atom. The van der Waals surface area contributed by atoms with E-state index >= 15 is 0 Å². The number of thioether (sulfide) groups is 1. The van der Waals surface area contributed by atoms with Crippen LogP contribution in [0.2, 0.25) is 0 Å². The van der Waals surface area contributed by atoms with Gasteiger partial charge in [-0.15, -0.1) is 35.0 Å². The average Bonchev–Trinajstić information content (AvgIpc) is 2.37. The molecule has 0 aromatic carbocycles. The van der Waals surface area contributed by atoms with Crippen molar-refractivity contribution in [3.8, 4) is 0 Å². The Bertz CT molecular complexity index is 461. The Balaban J connectivity index is 2.58. The van der Waals surface area contributed by atoms with Crippen molar-refractivity contribution in [3.05, 3.63) is 0 Å². The molecule has 126 valence electrons. The highest BCUT2D eigenvalue weighted by molar-refractivity contribution is 8.01. The van der Waals surface area contributed by atoms with E-state index in [-0.39, 0.29) is 29.5 Å². The first kappa shape index (κ1) is 20.0. The number of halogens is 2. The third-order valence-corrected chi connectivity index (χ3v) is 7.65. The van der Waals surface area contributed by atoms with Gasteiger partial charge in [-0.3, -0.25) is 4.57 Å². The summed E-state index contributed by atoms with van der Waals surface area (Å²) < 4.78 is 51.4. The smallest absolute Gasteiger partial charge is 0.344 e. The van der Waals surface area contributed by atoms with E-state index in [1.165, 1.54) is 11.8 Å². The number of alkyl halides is 2. The molecule has 0 aliphatic carbocycles. The lowest BCUT2D eigenvalue weighted by atomic mass is 10.5. The van der Waals surface area contributed by atoms with Crippen LogP contribution >= 0.6 is 42.6 Å². The van der Waals surface area contributed by atoms with Gasteiger partial charge in [0.25, 0.3) is 0 Å². The lowest BCUT2D eigenvalue weighted by molar-refractivity contribution is 0.227. The van der Waals surface area contributed by atoms with Crippen LogP contribution in [0.3, 0.4) is 0 Å². The first-order valence-corrected chi connectivity index (χ1v) is 11.5. The van der Waals surface area contributed by atoms with Crippen LogP contribution in [0.15, 0.2) is 0 Å². The zero-order chi connectivity index (χ0) is 15.9. The summed E-state index contributed by atoms with van der Waals surface area (Å²) in [6.07, 6.45) is 0.573. The molecule has 0 radical (unpaired) electrons. The van der Waals surface area contributed by atoms with E-state index in [0.29, 0.717) is 19.5 Å². The number of nitrogens with zero attached hydrogens (tertiary/aromatic N) is 1. The van der Waals surface area contributed by atoms with Crippen LogP contribution in [-0.4, -0.2) is 66.0 Å². The zero-order valence-corrected chi connectivity index (χ0v) is 15.3. The van der Waals surface area contributed by atoms with Crippen molar-refractivity contribution >= 4 is 52.8 Å². The van der Waals surface area contributed by atoms with Crippen molar-refractivity contribution in [1.82, 2.24) is 9.76 Å². The molecule has 0 bridgehead atoms. The van der Waals surface area contributed by atoms with Gasteiger partial charge >= 0.3 is 7.67 Å². The summed E-state index contributed by atoms with van der Waals surface area (Å²) in [7, 11) is -7.46. The summed E-state index contributed by atoms with van der Waals surface area (Å²) >= 11 is 12.6. The van der Waals surface area contributed by atoms with Gasteiger partial charge in [-0.25, -0.2) is 18.2 Å². The fourth-order valence-corrected chi connectivity index (χ4v) is 6.78. The van der Waals surface area contributed by atoms with E-state index in [1.807, 2.05) is 0 Å². The fourth-order valence-electron chi connectivity index (χ4n) is 1.71. The summed E-state index contributed by atoms with van der Waals surface area (Å²) in [5, 5.41) is 2.66. The second kappa shape index (κ2) is 9.30. The summed E-state index contributed by atoms with van der Waals surface area (Å²) in [6.45, 7) is 1.02. The topological polar surface area (TPSA) is 98.8 Å². The molecule has 1 fully saturated rings. The van der Waals surface area contributed by atoms with E-state index in [0.717, 1.165) is 0 Å². The molecule has 0 amide bonds. The molecule has 1 saturated heterocycles. The zero-order valence-electron chi connectivity index (χ0n) is 11.2. The maximum atomic E-state index is 12.8. The van der Waals surface area contributed by atoms with Gasteiger partial charge in [-0.1, -0.05) is 0 Å². The number of hydrogen-bond acceptors (Lipinski definition) is 6. The van der Waals surface area contributed by atoms with Crippen molar-refractivity contribution in [2.24, 2.45) is 0 Å². The summed E-state index contributed by atoms with van der Waals surface area (Å²) in [5.41, 5.74) is 0. The lowest BCUT2D eigenvalue weighted by Crippen LogP contribution is -2.40. The predicted molar refractivity (Wildman–Crippen MR) is 85.1 cm³/mol. The van der Waals surface area contributed by atoms with Crippen molar-refractivity contribution in [2.75, 3.05) is 43.0 Å². The monoisotopic (exact) mass is 399 g/mol. The van der Waals surface area contributed by atoms with E-state index in [9.17, 15) is 17.5 Å². The van der Waals surface area contributed by atoms with Crippen LogP contribution < -0.4 is 5.09 Å². The highest BCUT2D eigenvalue weighted by Gasteiger charge is 2.37. The van der Waals surface area contributed by atoms with Gasteiger partial charge in [0.05, 0.1) is 22.1 Å². The SMILES string of the molecule is O=P1(N(CCCl)CCCl)NC(SCCS(=O)(=O)[O-])CCO1. The van der Waals surface area contributed by atoms with Crippen LogP contribution in [0.5, 0.6) is 0 Å². The van der Waals surface area contributed by atoms with Crippen LogP contribution in [0.25, 0.3) is 0 Å². The van der Waals surface area contributed by atoms with Gasteiger partial charge < -0.3 is 9.08 Å². The molecule has 0 aromatic heterocycles. The molecule has 1 aliphatic heterocycles. The quantitative estimate of drug-likeness (QED) is 0.353. The van der Waals surface area contributed by atoms with E-state index in [2.05, 4.69) is 5.09 Å². The van der Waals surface area contributed by atoms with Crippen molar-refractivity contribution < 1.29 is 22.1 Å². The minimum absolute atomic E-state index is 0.147. The van der Waals surface area contributed by atoms with Gasteiger partial charge in [0.15, 0.2) is 0 Å². The Morgan fingerprint density at radius 3 is 2.52 bits per heavy atom. The normalized spacial score (nSPS) is 27.1. The summed E-state index contributed by atoms with van der Waals surface area (Å²) in [5.74, 6) is 0.277. The summed E-state index contributed by atoms with van der Waals surface area (Å²) in [4.78, 5) is 0. The van der Waals surface area contributed by atoms with E-state index in [4.69, 9.17) is 27.7 Å². The Kier molecular flexibility index (Phi) is 8.85. The Morgan fingerprint density at radius 2 is 2.00 bits per heavy atom. The van der Waals surface area contributed by atoms with Crippen LogP contribution in [-0.2, 0) is 19.2 Å². The molecule has 1 rings (SSSR count). The Hall–Kier alpha value is 0.950. The van der Waals surface area contributed by atoms with Gasteiger partial charge in [-0.2, -0.15) is 0 Å². The van der Waals surface area contributed by atoms with E-state index < -0.39 is 23.5 Å². The lowest BCUT2D eigenvalue weighted by Gasteiger charge is -2.36. The van der Waals surface area contributed by atoms with Gasteiger partial charge in [-0.05, 0) is 6.42 Å². The molecule has 0 aromatic rings. The molecule has 7 nitrogen and oxygen atoms in total. The molecule has 0 spiro atoms. The van der Waals surface area contributed by atoms with Gasteiger partial charge in [0.1, 0.15) is 0 Å².